The number of aromatic nitrogens is 1. The summed E-state index contributed by atoms with van der Waals surface area (Å²) in [6.45, 7) is 3.43. The number of anilines is 2. The molecule has 2 amide bonds. The predicted molar refractivity (Wildman–Crippen MR) is 111 cm³/mol. The normalized spacial score (nSPS) is 11.3. The lowest BCUT2D eigenvalue weighted by molar-refractivity contribution is -0.0497. The summed E-state index contributed by atoms with van der Waals surface area (Å²) >= 11 is 0. The second kappa shape index (κ2) is 8.38. The molecule has 1 heterocycles. The van der Waals surface area contributed by atoms with Gasteiger partial charge in [0.25, 0.3) is 0 Å². The van der Waals surface area contributed by atoms with E-state index in [2.05, 4.69) is 15.4 Å². The first kappa shape index (κ1) is 20.4. The van der Waals surface area contributed by atoms with Crippen LogP contribution in [0.2, 0.25) is 0 Å². The second-order valence-electron chi connectivity index (χ2n) is 6.89. The van der Waals surface area contributed by atoms with E-state index >= 15 is 0 Å². The molecule has 29 heavy (non-hydrogen) atoms. The number of carbonyl (C=O) groups is 1. The summed E-state index contributed by atoms with van der Waals surface area (Å²) in [7, 11) is 0. The topological polar surface area (TPSA) is 81.3 Å². The Labute approximate surface area is 167 Å². The molecule has 0 saturated heterocycles. The zero-order valence-electron chi connectivity index (χ0n) is 16.5. The predicted octanol–water partition coefficient (Wildman–Crippen LogP) is 5.04. The van der Waals surface area contributed by atoms with Crippen molar-refractivity contribution in [2.45, 2.75) is 40.0 Å². The van der Waals surface area contributed by atoms with Gasteiger partial charge < -0.3 is 25.7 Å². The minimum absolute atomic E-state index is 0.0354. The maximum atomic E-state index is 12.6. The van der Waals surface area contributed by atoms with Gasteiger partial charge in [0, 0.05) is 35.3 Å². The number of nitrogens with zero attached hydrogens (tertiary/aromatic N) is 1. The summed E-state index contributed by atoms with van der Waals surface area (Å²) in [6.07, 6.45) is 0. The molecule has 8 heteroatoms. The molecule has 4 N–H and O–H groups in total. The van der Waals surface area contributed by atoms with Crippen LogP contribution in [0.15, 0.2) is 42.5 Å². The minimum Gasteiger partial charge on any atom is -0.435 e. The average molecular weight is 402 g/mol. The number of nitrogens with two attached hydrogens (primary N) is 1. The number of halogens is 2. The number of amides is 2. The first-order valence-corrected chi connectivity index (χ1v) is 9.34. The number of hydrogen-bond donors (Lipinski definition) is 3. The molecule has 0 atom stereocenters. The van der Waals surface area contributed by atoms with Gasteiger partial charge in [-0.25, -0.2) is 4.79 Å². The van der Waals surface area contributed by atoms with Gasteiger partial charge in [0.05, 0.1) is 16.9 Å². The highest BCUT2D eigenvalue weighted by molar-refractivity contribution is 6.01. The molecule has 0 aliphatic carbocycles. The number of carbonyl (C=O) groups excluding carboxylic acids is 1. The van der Waals surface area contributed by atoms with Crippen LogP contribution in [0.3, 0.4) is 0 Å². The molecule has 3 rings (SSSR count). The van der Waals surface area contributed by atoms with E-state index in [0.29, 0.717) is 17.9 Å². The first-order valence-electron chi connectivity index (χ1n) is 9.34. The number of nitrogen functional groups attached to an aromatic ring is 1. The fourth-order valence-electron chi connectivity index (χ4n) is 3.31. The Morgan fingerprint density at radius 3 is 2.45 bits per heavy atom. The van der Waals surface area contributed by atoms with Gasteiger partial charge in [0.15, 0.2) is 0 Å². The highest BCUT2D eigenvalue weighted by atomic mass is 19.3. The molecule has 0 spiro atoms. The SMILES string of the molecule is CCn1c(-c2ccc(NC(=O)NC(C)C)cc2)c(N)c2ccc(OC(F)F)cc21. The number of benzene rings is 2. The van der Waals surface area contributed by atoms with Crippen LogP contribution in [0.4, 0.5) is 25.0 Å². The standard InChI is InChI=1S/C21H24F2N4O2/c1-4-27-17-11-15(29-20(22)23)9-10-16(17)18(24)19(27)13-5-7-14(8-6-13)26-21(28)25-12(2)3/h5-12,20H,4,24H2,1-3H3,(H2,25,26,28). The lowest BCUT2D eigenvalue weighted by Crippen LogP contribution is -2.34. The van der Waals surface area contributed by atoms with E-state index in [1.54, 1.807) is 24.3 Å². The van der Waals surface area contributed by atoms with Crippen molar-refractivity contribution < 1.29 is 18.3 Å². The van der Waals surface area contributed by atoms with E-state index in [4.69, 9.17) is 5.73 Å². The minimum atomic E-state index is -2.89. The van der Waals surface area contributed by atoms with E-state index in [9.17, 15) is 13.6 Å². The van der Waals surface area contributed by atoms with E-state index in [-0.39, 0.29) is 17.8 Å². The summed E-state index contributed by atoms with van der Waals surface area (Å²) in [5.74, 6) is 0.0852. The molecule has 1 aromatic heterocycles. The van der Waals surface area contributed by atoms with Crippen molar-refractivity contribution in [2.24, 2.45) is 0 Å². The summed E-state index contributed by atoms with van der Waals surface area (Å²) < 4.78 is 31.6. The van der Waals surface area contributed by atoms with Crippen molar-refractivity contribution in [1.82, 2.24) is 9.88 Å². The molecule has 0 aliphatic heterocycles. The zero-order chi connectivity index (χ0) is 21.1. The van der Waals surface area contributed by atoms with Crippen LogP contribution in [-0.4, -0.2) is 23.3 Å². The quantitative estimate of drug-likeness (QED) is 0.540. The van der Waals surface area contributed by atoms with E-state index in [1.807, 2.05) is 37.5 Å². The Hall–Kier alpha value is -3.29. The van der Waals surface area contributed by atoms with Crippen molar-refractivity contribution in [1.29, 1.82) is 0 Å². The van der Waals surface area contributed by atoms with Crippen molar-refractivity contribution in [2.75, 3.05) is 11.1 Å². The van der Waals surface area contributed by atoms with Crippen molar-refractivity contribution in [3.05, 3.63) is 42.5 Å². The molecular weight excluding hydrogens is 378 g/mol. The Bertz CT molecular complexity index is 1010. The number of rotatable bonds is 6. The number of urea groups is 1. The number of ether oxygens (including phenoxy) is 1. The van der Waals surface area contributed by atoms with Gasteiger partial charge in [-0.05, 0) is 45.0 Å². The van der Waals surface area contributed by atoms with Crippen LogP contribution in [-0.2, 0) is 6.54 Å². The highest BCUT2D eigenvalue weighted by Gasteiger charge is 2.17. The van der Waals surface area contributed by atoms with Gasteiger partial charge in [-0.15, -0.1) is 0 Å². The molecule has 0 aliphatic rings. The van der Waals surface area contributed by atoms with Gasteiger partial charge >= 0.3 is 12.6 Å². The van der Waals surface area contributed by atoms with Crippen LogP contribution in [0.1, 0.15) is 20.8 Å². The molecule has 0 radical (unpaired) electrons. The largest absolute Gasteiger partial charge is 0.435 e. The van der Waals surface area contributed by atoms with Gasteiger partial charge in [-0.3, -0.25) is 0 Å². The molecule has 0 saturated carbocycles. The molecule has 3 aromatic rings. The van der Waals surface area contributed by atoms with Crippen LogP contribution in [0, 0.1) is 0 Å². The van der Waals surface area contributed by atoms with Crippen LogP contribution < -0.4 is 21.1 Å². The monoisotopic (exact) mass is 402 g/mol. The van der Waals surface area contributed by atoms with Crippen molar-refractivity contribution in [3.63, 3.8) is 0 Å². The molecule has 6 nitrogen and oxygen atoms in total. The van der Waals surface area contributed by atoms with Crippen LogP contribution in [0.5, 0.6) is 5.75 Å². The fourth-order valence-corrected chi connectivity index (χ4v) is 3.31. The molecule has 0 unspecified atom stereocenters. The maximum absolute atomic E-state index is 12.6. The highest BCUT2D eigenvalue weighted by Crippen LogP contribution is 2.38. The van der Waals surface area contributed by atoms with Crippen LogP contribution >= 0.6 is 0 Å². The van der Waals surface area contributed by atoms with Gasteiger partial charge in [0.1, 0.15) is 5.75 Å². The third-order valence-electron chi connectivity index (χ3n) is 4.45. The molecule has 154 valence electrons. The third-order valence-corrected chi connectivity index (χ3v) is 4.45. The van der Waals surface area contributed by atoms with E-state index < -0.39 is 6.61 Å². The number of alkyl halides is 2. The molecule has 0 bridgehead atoms. The first-order chi connectivity index (χ1) is 13.8. The summed E-state index contributed by atoms with van der Waals surface area (Å²) in [5, 5.41) is 6.30. The number of hydrogen-bond acceptors (Lipinski definition) is 3. The Balaban J connectivity index is 1.96. The summed E-state index contributed by atoms with van der Waals surface area (Å²) in [5.41, 5.74) is 9.95. The average Bonchev–Trinajstić information content (AvgIpc) is 2.92. The lowest BCUT2D eigenvalue weighted by atomic mass is 10.1. The van der Waals surface area contributed by atoms with E-state index in [0.717, 1.165) is 22.2 Å². The van der Waals surface area contributed by atoms with Gasteiger partial charge in [0.2, 0.25) is 0 Å². The van der Waals surface area contributed by atoms with Gasteiger partial charge in [-0.1, -0.05) is 12.1 Å². The second-order valence-corrected chi connectivity index (χ2v) is 6.89. The van der Waals surface area contributed by atoms with E-state index in [1.165, 1.54) is 6.07 Å². The van der Waals surface area contributed by atoms with Crippen LogP contribution in [0.25, 0.3) is 22.2 Å². The summed E-state index contributed by atoms with van der Waals surface area (Å²) in [6, 6.07) is 11.8. The molecular formula is C21H24F2N4O2. The fraction of sp³-hybridized carbons (Fsp3) is 0.286. The number of nitrogens with one attached hydrogen (secondary N) is 2. The number of fused-ring (bicyclic) bond motifs is 1. The Morgan fingerprint density at radius 2 is 1.86 bits per heavy atom. The molecule has 0 fully saturated rings. The lowest BCUT2D eigenvalue weighted by Gasteiger charge is -2.12. The zero-order valence-corrected chi connectivity index (χ0v) is 16.5. The smallest absolute Gasteiger partial charge is 0.387 e. The third kappa shape index (κ3) is 4.42. The van der Waals surface area contributed by atoms with Gasteiger partial charge in [-0.2, -0.15) is 8.78 Å². The Morgan fingerprint density at radius 1 is 1.17 bits per heavy atom. The van der Waals surface area contributed by atoms with Crippen molar-refractivity contribution in [3.8, 4) is 17.0 Å². The molecule has 2 aromatic carbocycles. The number of aryl methyl sites for hydroxylation is 1. The van der Waals surface area contributed by atoms with Crippen molar-refractivity contribution >= 4 is 28.3 Å². The Kier molecular flexibility index (Phi) is 5.91. The summed E-state index contributed by atoms with van der Waals surface area (Å²) in [4.78, 5) is 11.8. The maximum Gasteiger partial charge on any atom is 0.387 e.